The van der Waals surface area contributed by atoms with Crippen LogP contribution < -0.4 is 0 Å². The van der Waals surface area contributed by atoms with Crippen LogP contribution in [0.3, 0.4) is 0 Å². The maximum Gasteiger partial charge on any atom is 0.243 e. The van der Waals surface area contributed by atoms with Crippen molar-refractivity contribution in [3.8, 4) is 0 Å². The Morgan fingerprint density at radius 1 is 1.40 bits per heavy atom. The summed E-state index contributed by atoms with van der Waals surface area (Å²) in [5.41, 5.74) is 1.31. The fraction of sp³-hybridized carbons (Fsp3) is 0.571. The lowest BCUT2D eigenvalue weighted by Crippen LogP contribution is -2.47. The topological polar surface area (TPSA) is 57.6 Å². The van der Waals surface area contributed by atoms with Crippen LogP contribution >= 0.6 is 11.8 Å². The monoisotopic (exact) mass is 315 g/mol. The van der Waals surface area contributed by atoms with Gasteiger partial charge < -0.3 is 5.11 Å². The van der Waals surface area contributed by atoms with E-state index in [2.05, 4.69) is 6.92 Å². The molecule has 1 aliphatic heterocycles. The van der Waals surface area contributed by atoms with E-state index in [0.717, 1.165) is 5.75 Å². The largest absolute Gasteiger partial charge is 0.392 e. The number of hydrogen-bond donors (Lipinski definition) is 1. The molecule has 0 bridgehead atoms. The molecule has 1 N–H and O–H groups in total. The summed E-state index contributed by atoms with van der Waals surface area (Å²) in [4.78, 5) is 0.315. The lowest BCUT2D eigenvalue weighted by molar-refractivity contribution is 0.280. The third-order valence-corrected chi connectivity index (χ3v) is 7.45. The highest BCUT2D eigenvalue weighted by Gasteiger charge is 2.35. The zero-order valence-electron chi connectivity index (χ0n) is 12.0. The minimum atomic E-state index is -3.50. The summed E-state index contributed by atoms with van der Waals surface area (Å²) >= 11 is 1.81. The van der Waals surface area contributed by atoms with Gasteiger partial charge in [-0.3, -0.25) is 0 Å². The van der Waals surface area contributed by atoms with E-state index < -0.39 is 10.0 Å². The molecule has 0 aliphatic carbocycles. The van der Waals surface area contributed by atoms with E-state index in [9.17, 15) is 13.5 Å². The molecule has 2 atom stereocenters. The summed E-state index contributed by atoms with van der Waals surface area (Å²) in [6.45, 7) is 6.18. The van der Waals surface area contributed by atoms with Crippen LogP contribution in [0, 0.1) is 6.92 Å². The number of hydrogen-bond acceptors (Lipinski definition) is 4. The van der Waals surface area contributed by atoms with Crippen molar-refractivity contribution < 1.29 is 13.5 Å². The summed E-state index contributed by atoms with van der Waals surface area (Å²) in [6, 6.07) is 5.06. The van der Waals surface area contributed by atoms with Gasteiger partial charge in [-0.05, 0) is 31.0 Å². The van der Waals surface area contributed by atoms with Gasteiger partial charge in [0.2, 0.25) is 10.0 Å². The summed E-state index contributed by atoms with van der Waals surface area (Å²) in [6.07, 6.45) is 0. The minimum Gasteiger partial charge on any atom is -0.392 e. The van der Waals surface area contributed by atoms with Gasteiger partial charge in [0, 0.05) is 23.6 Å². The predicted molar refractivity (Wildman–Crippen MR) is 82.4 cm³/mol. The van der Waals surface area contributed by atoms with Gasteiger partial charge in [-0.1, -0.05) is 19.1 Å². The molecule has 112 valence electrons. The molecule has 0 radical (unpaired) electrons. The fourth-order valence-corrected chi connectivity index (χ4v) is 5.75. The Morgan fingerprint density at radius 2 is 2.10 bits per heavy atom. The third kappa shape index (κ3) is 2.74. The molecule has 1 heterocycles. The first-order valence-electron chi connectivity index (χ1n) is 6.72. The number of aliphatic hydroxyl groups excluding tert-OH is 1. The van der Waals surface area contributed by atoms with Crippen molar-refractivity contribution in [3.63, 3.8) is 0 Å². The third-order valence-electron chi connectivity index (χ3n) is 3.98. The van der Waals surface area contributed by atoms with Crippen molar-refractivity contribution in [1.29, 1.82) is 0 Å². The molecule has 6 heteroatoms. The van der Waals surface area contributed by atoms with Crippen LogP contribution in [0.5, 0.6) is 0 Å². The maximum atomic E-state index is 12.9. The van der Waals surface area contributed by atoms with E-state index in [4.69, 9.17) is 0 Å². The number of thioether (sulfide) groups is 1. The number of sulfonamides is 1. The van der Waals surface area contributed by atoms with Gasteiger partial charge in [0.15, 0.2) is 0 Å². The van der Waals surface area contributed by atoms with Gasteiger partial charge in [0.25, 0.3) is 0 Å². The van der Waals surface area contributed by atoms with Gasteiger partial charge >= 0.3 is 0 Å². The molecule has 1 aliphatic rings. The van der Waals surface area contributed by atoms with E-state index >= 15 is 0 Å². The smallest absolute Gasteiger partial charge is 0.243 e. The Morgan fingerprint density at radius 3 is 2.75 bits per heavy atom. The van der Waals surface area contributed by atoms with E-state index in [0.29, 0.717) is 27.8 Å². The number of aliphatic hydroxyl groups is 1. The van der Waals surface area contributed by atoms with Crippen molar-refractivity contribution in [2.45, 2.75) is 43.6 Å². The zero-order valence-corrected chi connectivity index (χ0v) is 13.7. The molecule has 0 aromatic heterocycles. The van der Waals surface area contributed by atoms with E-state index in [1.807, 2.05) is 6.92 Å². The van der Waals surface area contributed by atoms with Crippen LogP contribution in [-0.2, 0) is 16.6 Å². The zero-order chi connectivity index (χ0) is 14.9. The van der Waals surface area contributed by atoms with Gasteiger partial charge in [-0.2, -0.15) is 16.1 Å². The lowest BCUT2D eigenvalue weighted by atomic mass is 10.1. The molecule has 1 aromatic carbocycles. The normalized spacial score (nSPS) is 24.8. The van der Waals surface area contributed by atoms with Crippen molar-refractivity contribution in [2.24, 2.45) is 0 Å². The number of rotatable bonds is 3. The van der Waals surface area contributed by atoms with Crippen molar-refractivity contribution >= 4 is 21.8 Å². The minimum absolute atomic E-state index is 0.0177. The molecule has 0 saturated carbocycles. The van der Waals surface area contributed by atoms with E-state index in [1.165, 1.54) is 0 Å². The molecule has 20 heavy (non-hydrogen) atoms. The second-order valence-electron chi connectivity index (χ2n) is 5.13. The van der Waals surface area contributed by atoms with Crippen LogP contribution in [0.4, 0.5) is 0 Å². The van der Waals surface area contributed by atoms with E-state index in [1.54, 1.807) is 41.2 Å². The molecule has 1 saturated heterocycles. The highest BCUT2D eigenvalue weighted by atomic mass is 32.2. The van der Waals surface area contributed by atoms with Gasteiger partial charge in [0.1, 0.15) is 0 Å². The first-order chi connectivity index (χ1) is 9.39. The SMILES string of the molecule is Cc1c(CO)cccc1S(=O)(=O)N1CCSC(C)C1C. The summed E-state index contributed by atoms with van der Waals surface area (Å²) < 4.78 is 27.3. The average molecular weight is 315 g/mol. The Hall–Kier alpha value is -0.560. The van der Waals surface area contributed by atoms with Crippen LogP contribution in [0.15, 0.2) is 23.1 Å². The van der Waals surface area contributed by atoms with Gasteiger partial charge in [0.05, 0.1) is 11.5 Å². The standard InChI is InChI=1S/C14H21NO3S2/c1-10-13(9-16)5-4-6-14(10)20(17,18)15-7-8-19-12(3)11(15)2/h4-6,11-12,16H,7-9H2,1-3H3. The first kappa shape index (κ1) is 15.8. The number of nitrogens with zero attached hydrogens (tertiary/aromatic N) is 1. The number of benzene rings is 1. The average Bonchev–Trinajstić information content (AvgIpc) is 2.41. The van der Waals surface area contributed by atoms with Crippen LogP contribution in [0.2, 0.25) is 0 Å². The van der Waals surface area contributed by atoms with Crippen LogP contribution in [0.25, 0.3) is 0 Å². The highest BCUT2D eigenvalue weighted by molar-refractivity contribution is 8.00. The van der Waals surface area contributed by atoms with Crippen molar-refractivity contribution in [3.05, 3.63) is 29.3 Å². The second-order valence-corrected chi connectivity index (χ2v) is 8.47. The lowest BCUT2D eigenvalue weighted by Gasteiger charge is -2.36. The molecule has 0 amide bonds. The summed E-state index contributed by atoms with van der Waals surface area (Å²) in [5, 5.41) is 9.59. The van der Waals surface area contributed by atoms with Crippen molar-refractivity contribution in [2.75, 3.05) is 12.3 Å². The Balaban J connectivity index is 2.45. The summed E-state index contributed by atoms with van der Waals surface area (Å²) in [7, 11) is -3.50. The highest BCUT2D eigenvalue weighted by Crippen LogP contribution is 2.31. The van der Waals surface area contributed by atoms with Crippen LogP contribution in [0.1, 0.15) is 25.0 Å². The predicted octanol–water partition coefficient (Wildman–Crippen LogP) is 2.00. The second kappa shape index (κ2) is 6.05. The Labute approximate surface area is 125 Å². The molecular weight excluding hydrogens is 294 g/mol. The van der Waals surface area contributed by atoms with Gasteiger partial charge in [-0.15, -0.1) is 0 Å². The molecule has 2 unspecified atom stereocenters. The Kier molecular flexibility index (Phi) is 4.79. The quantitative estimate of drug-likeness (QED) is 0.927. The molecular formula is C14H21NO3S2. The van der Waals surface area contributed by atoms with Crippen LogP contribution in [-0.4, -0.2) is 41.4 Å². The Bertz CT molecular complexity index is 586. The van der Waals surface area contributed by atoms with Gasteiger partial charge in [-0.25, -0.2) is 8.42 Å². The molecule has 1 aromatic rings. The summed E-state index contributed by atoms with van der Waals surface area (Å²) in [5.74, 6) is 0.823. The first-order valence-corrected chi connectivity index (χ1v) is 9.21. The van der Waals surface area contributed by atoms with Crippen molar-refractivity contribution in [1.82, 2.24) is 4.31 Å². The fourth-order valence-electron chi connectivity index (χ4n) is 2.48. The molecule has 0 spiro atoms. The molecule has 1 fully saturated rings. The molecule has 2 rings (SSSR count). The maximum absolute atomic E-state index is 12.9. The molecule has 4 nitrogen and oxygen atoms in total. The van der Waals surface area contributed by atoms with E-state index in [-0.39, 0.29) is 12.6 Å².